The summed E-state index contributed by atoms with van der Waals surface area (Å²) in [5.74, 6) is 0.270. The largest absolute Gasteiger partial charge is 0.396 e. The fraction of sp³-hybridized carbons (Fsp3) is 0.150. The van der Waals surface area contributed by atoms with Gasteiger partial charge in [0.05, 0.1) is 33.7 Å². The van der Waals surface area contributed by atoms with Crippen LogP contribution in [0.5, 0.6) is 0 Å². The van der Waals surface area contributed by atoms with Gasteiger partial charge in [-0.05, 0) is 35.1 Å². The minimum atomic E-state index is -1.32. The Morgan fingerprint density at radius 1 is 1.15 bits per heavy atom. The minimum absolute atomic E-state index is 0.264. The first-order valence-electron chi connectivity index (χ1n) is 8.45. The topological polar surface area (TPSA) is 56.0 Å². The summed E-state index contributed by atoms with van der Waals surface area (Å²) >= 11 is 2.97. The van der Waals surface area contributed by atoms with E-state index in [2.05, 4.69) is 0 Å². The summed E-state index contributed by atoms with van der Waals surface area (Å²) in [7, 11) is -1.32. The van der Waals surface area contributed by atoms with Crippen LogP contribution in [0.3, 0.4) is 0 Å². The Labute approximate surface area is 167 Å². The number of halogens is 1. The number of rotatable bonds is 6. The number of aromatic nitrogens is 1. The monoisotopic (exact) mass is 416 g/mol. The molecule has 0 amide bonds. The molecule has 0 saturated heterocycles. The first kappa shape index (κ1) is 18.3. The van der Waals surface area contributed by atoms with E-state index in [4.69, 9.17) is 10.7 Å². The van der Waals surface area contributed by atoms with Crippen molar-refractivity contribution in [3.8, 4) is 21.7 Å². The Bertz CT molecular complexity index is 1090. The molecule has 1 atom stereocenters. The molecule has 27 heavy (non-hydrogen) atoms. The molecule has 0 saturated carbocycles. The molecular weight excluding hydrogens is 399 g/mol. The van der Waals surface area contributed by atoms with Gasteiger partial charge in [0.2, 0.25) is 0 Å². The third kappa shape index (κ3) is 3.54. The van der Waals surface area contributed by atoms with Crippen LogP contribution in [-0.2, 0) is 10.8 Å². The SMILES string of the molecule is Nc1c(S(=O)CCCF)sc2nc(-c3cccs3)cc(-c3ccccc3)c12. The van der Waals surface area contributed by atoms with Gasteiger partial charge in [0.25, 0.3) is 0 Å². The number of anilines is 1. The van der Waals surface area contributed by atoms with Crippen LogP contribution in [0.1, 0.15) is 6.42 Å². The normalized spacial score (nSPS) is 12.5. The molecule has 3 nitrogen and oxygen atoms in total. The van der Waals surface area contributed by atoms with E-state index in [9.17, 15) is 8.60 Å². The smallest absolute Gasteiger partial charge is 0.127 e. The van der Waals surface area contributed by atoms with E-state index < -0.39 is 17.5 Å². The Hall–Kier alpha value is -2.09. The van der Waals surface area contributed by atoms with Crippen molar-refractivity contribution >= 4 is 49.4 Å². The van der Waals surface area contributed by atoms with E-state index in [0.717, 1.165) is 31.9 Å². The third-order valence-electron chi connectivity index (χ3n) is 4.19. The summed E-state index contributed by atoms with van der Waals surface area (Å²) in [5.41, 5.74) is 9.79. The first-order chi connectivity index (χ1) is 13.2. The number of alkyl halides is 1. The third-order valence-corrected chi connectivity index (χ3v) is 8.08. The fourth-order valence-electron chi connectivity index (χ4n) is 2.94. The Balaban J connectivity index is 1.95. The van der Waals surface area contributed by atoms with Crippen molar-refractivity contribution in [2.24, 2.45) is 0 Å². The second-order valence-corrected chi connectivity index (χ2v) is 9.69. The lowest BCUT2D eigenvalue weighted by Gasteiger charge is -2.08. The van der Waals surface area contributed by atoms with E-state index in [0.29, 0.717) is 9.90 Å². The van der Waals surface area contributed by atoms with Crippen LogP contribution in [0, 0.1) is 0 Å². The van der Waals surface area contributed by atoms with E-state index >= 15 is 0 Å². The van der Waals surface area contributed by atoms with Gasteiger partial charge in [0, 0.05) is 11.1 Å². The number of nitrogens with zero attached hydrogens (tertiary/aromatic N) is 1. The minimum Gasteiger partial charge on any atom is -0.396 e. The number of benzene rings is 1. The molecule has 0 aliphatic carbocycles. The number of nitrogens with two attached hydrogens (primary N) is 1. The molecule has 138 valence electrons. The van der Waals surface area contributed by atoms with Gasteiger partial charge < -0.3 is 5.73 Å². The summed E-state index contributed by atoms with van der Waals surface area (Å²) in [6.07, 6.45) is 0.264. The summed E-state index contributed by atoms with van der Waals surface area (Å²) in [6.45, 7) is -0.480. The summed E-state index contributed by atoms with van der Waals surface area (Å²) in [6, 6.07) is 16.1. The van der Waals surface area contributed by atoms with Crippen molar-refractivity contribution in [2.45, 2.75) is 10.6 Å². The van der Waals surface area contributed by atoms with E-state index in [-0.39, 0.29) is 12.2 Å². The predicted molar refractivity (Wildman–Crippen MR) is 115 cm³/mol. The first-order valence-corrected chi connectivity index (χ1v) is 11.5. The van der Waals surface area contributed by atoms with Gasteiger partial charge in [-0.25, -0.2) is 4.98 Å². The Morgan fingerprint density at radius 2 is 1.96 bits per heavy atom. The quantitative estimate of drug-likeness (QED) is 0.436. The van der Waals surface area contributed by atoms with Gasteiger partial charge in [-0.2, -0.15) is 0 Å². The lowest BCUT2D eigenvalue weighted by Crippen LogP contribution is -2.00. The molecule has 0 spiro atoms. The molecule has 0 bridgehead atoms. The van der Waals surface area contributed by atoms with Crippen LogP contribution in [0.15, 0.2) is 58.1 Å². The molecule has 3 heterocycles. The van der Waals surface area contributed by atoms with Crippen LogP contribution in [0.4, 0.5) is 10.1 Å². The molecule has 0 fully saturated rings. The van der Waals surface area contributed by atoms with Crippen molar-refractivity contribution < 1.29 is 8.60 Å². The van der Waals surface area contributed by atoms with E-state index in [1.54, 1.807) is 11.3 Å². The summed E-state index contributed by atoms with van der Waals surface area (Å²) < 4.78 is 25.7. The highest BCUT2D eigenvalue weighted by Crippen LogP contribution is 2.43. The molecule has 0 aliphatic rings. The zero-order valence-corrected chi connectivity index (χ0v) is 16.8. The molecule has 7 heteroatoms. The van der Waals surface area contributed by atoms with Crippen LogP contribution in [-0.4, -0.2) is 21.6 Å². The van der Waals surface area contributed by atoms with Gasteiger partial charge >= 0.3 is 0 Å². The fourth-order valence-corrected chi connectivity index (χ4v) is 6.25. The number of hydrogen-bond acceptors (Lipinski definition) is 5. The maximum Gasteiger partial charge on any atom is 0.127 e. The second kappa shape index (κ2) is 7.88. The molecular formula is C20H17FN2OS3. The molecule has 2 N–H and O–H groups in total. The maximum absolute atomic E-state index is 12.6. The lowest BCUT2D eigenvalue weighted by molar-refractivity contribution is 0.488. The van der Waals surface area contributed by atoms with Crippen LogP contribution in [0.2, 0.25) is 0 Å². The standard InChI is InChI=1S/C20H17FN2OS3/c21-9-5-11-27(24)20-18(22)17-14(13-6-2-1-3-7-13)12-15(23-19(17)26-20)16-8-4-10-25-16/h1-4,6-8,10,12H,5,9,11,22H2. The second-order valence-electron chi connectivity index (χ2n) is 5.97. The van der Waals surface area contributed by atoms with E-state index in [1.165, 1.54) is 11.3 Å². The molecule has 0 aliphatic heterocycles. The highest BCUT2D eigenvalue weighted by atomic mass is 32.2. The number of thiophene rings is 2. The lowest BCUT2D eigenvalue weighted by atomic mass is 10.0. The Kier molecular flexibility index (Phi) is 5.33. The summed E-state index contributed by atoms with van der Waals surface area (Å²) in [5, 5.41) is 2.85. The van der Waals surface area contributed by atoms with Gasteiger partial charge in [0.15, 0.2) is 0 Å². The average molecular weight is 417 g/mol. The molecule has 0 radical (unpaired) electrons. The molecule has 4 rings (SSSR count). The molecule has 3 aromatic heterocycles. The van der Waals surface area contributed by atoms with Crippen LogP contribution >= 0.6 is 22.7 Å². The van der Waals surface area contributed by atoms with Crippen LogP contribution in [0.25, 0.3) is 31.9 Å². The highest BCUT2D eigenvalue weighted by molar-refractivity contribution is 7.87. The highest BCUT2D eigenvalue weighted by Gasteiger charge is 2.20. The van der Waals surface area contributed by atoms with Crippen molar-refractivity contribution in [1.82, 2.24) is 4.98 Å². The molecule has 1 unspecified atom stereocenters. The van der Waals surface area contributed by atoms with Gasteiger partial charge in [-0.15, -0.1) is 22.7 Å². The zero-order valence-electron chi connectivity index (χ0n) is 14.4. The van der Waals surface area contributed by atoms with Gasteiger partial charge in [0.1, 0.15) is 9.04 Å². The Morgan fingerprint density at radius 3 is 2.67 bits per heavy atom. The van der Waals surface area contributed by atoms with Crippen molar-refractivity contribution in [1.29, 1.82) is 0 Å². The average Bonchev–Trinajstić information content (AvgIpc) is 3.35. The summed E-state index contributed by atoms with van der Waals surface area (Å²) in [4.78, 5) is 6.62. The van der Waals surface area contributed by atoms with Crippen LogP contribution < -0.4 is 5.73 Å². The number of nitrogen functional groups attached to an aromatic ring is 1. The predicted octanol–water partition coefficient (Wildman–Crippen LogP) is 5.74. The number of hydrogen-bond donors (Lipinski definition) is 1. The van der Waals surface area contributed by atoms with Crippen molar-refractivity contribution in [2.75, 3.05) is 18.2 Å². The van der Waals surface area contributed by atoms with Crippen molar-refractivity contribution in [3.63, 3.8) is 0 Å². The number of pyridine rings is 1. The molecule has 4 aromatic rings. The molecule has 1 aromatic carbocycles. The van der Waals surface area contributed by atoms with Gasteiger partial charge in [-0.3, -0.25) is 8.60 Å². The van der Waals surface area contributed by atoms with E-state index in [1.807, 2.05) is 53.9 Å². The van der Waals surface area contributed by atoms with Gasteiger partial charge in [-0.1, -0.05) is 36.4 Å². The van der Waals surface area contributed by atoms with Crippen molar-refractivity contribution in [3.05, 3.63) is 53.9 Å². The number of fused-ring (bicyclic) bond motifs is 1. The maximum atomic E-state index is 12.6. The zero-order chi connectivity index (χ0) is 18.8.